The highest BCUT2D eigenvalue weighted by Gasteiger charge is 2.19. The van der Waals surface area contributed by atoms with Gasteiger partial charge in [0, 0.05) is 7.11 Å². The van der Waals surface area contributed by atoms with Crippen LogP contribution in [0.1, 0.15) is 13.8 Å². The first-order chi connectivity index (χ1) is 5.43. The second kappa shape index (κ2) is 4.79. The number of methoxy groups -OCH3 is 1. The van der Waals surface area contributed by atoms with Crippen LogP contribution in [0, 0.1) is 5.92 Å². The Morgan fingerprint density at radius 1 is 1.42 bits per heavy atom. The molecule has 1 atom stereocenters. The Morgan fingerprint density at radius 3 is 2.17 bits per heavy atom. The van der Waals surface area contributed by atoms with Crippen molar-refractivity contribution < 1.29 is 13.2 Å². The number of hydrogen-bond donors (Lipinski definition) is 1. The summed E-state index contributed by atoms with van der Waals surface area (Å²) in [6.07, 6.45) is -0.234. The van der Waals surface area contributed by atoms with Gasteiger partial charge in [-0.05, 0) is 13.0 Å². The summed E-state index contributed by atoms with van der Waals surface area (Å²) in [7, 11) is -0.222. The molecule has 0 aliphatic heterocycles. The number of nitrogens with one attached hydrogen (secondary N) is 1. The SMILES string of the molecule is CNS(=O)(=O)CC(OC)C(C)C. The molecule has 4 nitrogen and oxygen atoms in total. The van der Waals surface area contributed by atoms with Gasteiger partial charge in [-0.1, -0.05) is 13.8 Å². The first kappa shape index (κ1) is 11.9. The molecule has 0 bridgehead atoms. The van der Waals surface area contributed by atoms with Crippen LogP contribution >= 0.6 is 0 Å². The summed E-state index contributed by atoms with van der Waals surface area (Å²) < 4.78 is 29.4. The van der Waals surface area contributed by atoms with Crippen molar-refractivity contribution in [3.63, 3.8) is 0 Å². The molecule has 74 valence electrons. The molecule has 0 aliphatic carbocycles. The molecule has 5 heteroatoms. The highest BCUT2D eigenvalue weighted by atomic mass is 32.2. The molecule has 0 aliphatic rings. The van der Waals surface area contributed by atoms with Gasteiger partial charge in [0.05, 0.1) is 11.9 Å². The molecular weight excluding hydrogens is 178 g/mol. The van der Waals surface area contributed by atoms with E-state index in [-0.39, 0.29) is 17.8 Å². The normalized spacial score (nSPS) is 15.1. The molecular formula is C7H17NO3S. The van der Waals surface area contributed by atoms with Crippen molar-refractivity contribution in [2.24, 2.45) is 5.92 Å². The minimum atomic E-state index is -3.15. The lowest BCUT2D eigenvalue weighted by Gasteiger charge is -2.18. The molecule has 0 fully saturated rings. The van der Waals surface area contributed by atoms with Crippen LogP contribution in [0.2, 0.25) is 0 Å². The van der Waals surface area contributed by atoms with Gasteiger partial charge in [-0.15, -0.1) is 0 Å². The van der Waals surface area contributed by atoms with E-state index in [0.717, 1.165) is 0 Å². The van der Waals surface area contributed by atoms with E-state index >= 15 is 0 Å². The van der Waals surface area contributed by atoms with Crippen molar-refractivity contribution in [1.82, 2.24) is 4.72 Å². The maximum Gasteiger partial charge on any atom is 0.213 e. The highest BCUT2D eigenvalue weighted by molar-refractivity contribution is 7.89. The zero-order valence-corrected chi connectivity index (χ0v) is 8.81. The fraction of sp³-hybridized carbons (Fsp3) is 1.00. The Labute approximate surface area is 74.4 Å². The first-order valence-corrected chi connectivity index (χ1v) is 5.52. The molecule has 12 heavy (non-hydrogen) atoms. The van der Waals surface area contributed by atoms with Crippen molar-refractivity contribution in [2.75, 3.05) is 19.9 Å². The third-order valence-electron chi connectivity index (χ3n) is 1.74. The van der Waals surface area contributed by atoms with Crippen LogP contribution < -0.4 is 4.72 Å². The van der Waals surface area contributed by atoms with E-state index in [0.29, 0.717) is 0 Å². The summed E-state index contributed by atoms with van der Waals surface area (Å²) in [4.78, 5) is 0. The maximum absolute atomic E-state index is 11.1. The largest absolute Gasteiger partial charge is 0.380 e. The number of rotatable bonds is 5. The van der Waals surface area contributed by atoms with Gasteiger partial charge in [0.1, 0.15) is 0 Å². The minimum absolute atomic E-state index is 0.0255. The van der Waals surface area contributed by atoms with Gasteiger partial charge in [-0.25, -0.2) is 13.1 Å². The molecule has 0 saturated carbocycles. The summed E-state index contributed by atoms with van der Waals surface area (Å²) in [5.41, 5.74) is 0. The Morgan fingerprint density at radius 2 is 1.92 bits per heavy atom. The van der Waals surface area contributed by atoms with E-state index in [4.69, 9.17) is 4.74 Å². The van der Waals surface area contributed by atoms with Crippen LogP contribution in [-0.4, -0.2) is 34.4 Å². The third kappa shape index (κ3) is 4.04. The van der Waals surface area contributed by atoms with Gasteiger partial charge in [0.15, 0.2) is 0 Å². The molecule has 0 rings (SSSR count). The predicted molar refractivity (Wildman–Crippen MR) is 48.5 cm³/mol. The topological polar surface area (TPSA) is 55.4 Å². The average Bonchev–Trinajstić information content (AvgIpc) is 2.00. The Balaban J connectivity index is 4.22. The van der Waals surface area contributed by atoms with E-state index in [1.165, 1.54) is 14.2 Å². The van der Waals surface area contributed by atoms with Crippen LogP contribution in [0.25, 0.3) is 0 Å². The molecule has 1 unspecified atom stereocenters. The number of hydrogen-bond acceptors (Lipinski definition) is 3. The number of ether oxygens (including phenoxy) is 1. The molecule has 0 spiro atoms. The summed E-state index contributed by atoms with van der Waals surface area (Å²) >= 11 is 0. The molecule has 0 aromatic heterocycles. The van der Waals surface area contributed by atoms with Crippen molar-refractivity contribution in [1.29, 1.82) is 0 Å². The molecule has 1 N–H and O–H groups in total. The second-order valence-corrected chi connectivity index (χ2v) is 4.97. The van der Waals surface area contributed by atoms with E-state index in [1.807, 2.05) is 13.8 Å². The zero-order chi connectivity index (χ0) is 9.78. The first-order valence-electron chi connectivity index (χ1n) is 3.87. The third-order valence-corrected chi connectivity index (χ3v) is 3.13. The quantitative estimate of drug-likeness (QED) is 0.682. The van der Waals surface area contributed by atoms with Gasteiger partial charge in [-0.2, -0.15) is 0 Å². The minimum Gasteiger partial charge on any atom is -0.380 e. The Hall–Kier alpha value is -0.130. The predicted octanol–water partition coefficient (Wildman–Crippen LogP) is 0.207. The molecule has 0 aromatic rings. The van der Waals surface area contributed by atoms with Crippen molar-refractivity contribution in [3.05, 3.63) is 0 Å². The summed E-state index contributed by atoms with van der Waals surface area (Å²) in [6.45, 7) is 3.86. The summed E-state index contributed by atoms with van der Waals surface area (Å²) in [5, 5.41) is 0. The van der Waals surface area contributed by atoms with E-state index in [1.54, 1.807) is 0 Å². The van der Waals surface area contributed by atoms with Gasteiger partial charge in [-0.3, -0.25) is 0 Å². The fourth-order valence-corrected chi connectivity index (χ4v) is 1.95. The van der Waals surface area contributed by atoms with Gasteiger partial charge < -0.3 is 4.74 Å². The van der Waals surface area contributed by atoms with Crippen LogP contribution in [0.15, 0.2) is 0 Å². The van der Waals surface area contributed by atoms with Crippen molar-refractivity contribution in [3.8, 4) is 0 Å². The second-order valence-electron chi connectivity index (χ2n) is 3.00. The van der Waals surface area contributed by atoms with Crippen LogP contribution in [0.4, 0.5) is 0 Å². The molecule has 0 aromatic carbocycles. The summed E-state index contributed by atoms with van der Waals surface area (Å²) in [6, 6.07) is 0. The highest BCUT2D eigenvalue weighted by Crippen LogP contribution is 2.07. The van der Waals surface area contributed by atoms with Gasteiger partial charge in [0.25, 0.3) is 0 Å². The van der Waals surface area contributed by atoms with E-state index in [2.05, 4.69) is 4.72 Å². The number of sulfonamides is 1. The molecule has 0 amide bonds. The standard InChI is InChI=1S/C7H17NO3S/c1-6(2)7(11-4)5-12(9,10)8-3/h6-8H,5H2,1-4H3. The van der Waals surface area contributed by atoms with Crippen LogP contribution in [-0.2, 0) is 14.8 Å². The monoisotopic (exact) mass is 195 g/mol. The van der Waals surface area contributed by atoms with Crippen LogP contribution in [0.5, 0.6) is 0 Å². The Bertz CT molecular complexity index is 211. The van der Waals surface area contributed by atoms with E-state index in [9.17, 15) is 8.42 Å². The van der Waals surface area contributed by atoms with E-state index < -0.39 is 10.0 Å². The molecule has 0 heterocycles. The molecule has 0 radical (unpaired) electrons. The average molecular weight is 195 g/mol. The smallest absolute Gasteiger partial charge is 0.213 e. The van der Waals surface area contributed by atoms with Gasteiger partial charge >= 0.3 is 0 Å². The fourth-order valence-electron chi connectivity index (χ4n) is 0.832. The lowest BCUT2D eigenvalue weighted by Crippen LogP contribution is -2.33. The van der Waals surface area contributed by atoms with Crippen LogP contribution in [0.3, 0.4) is 0 Å². The van der Waals surface area contributed by atoms with Gasteiger partial charge in [0.2, 0.25) is 10.0 Å². The lowest BCUT2D eigenvalue weighted by atomic mass is 10.1. The summed E-state index contributed by atoms with van der Waals surface area (Å²) in [5.74, 6) is 0.232. The van der Waals surface area contributed by atoms with Crippen molar-refractivity contribution in [2.45, 2.75) is 20.0 Å². The zero-order valence-electron chi connectivity index (χ0n) is 7.99. The van der Waals surface area contributed by atoms with Crippen molar-refractivity contribution >= 4 is 10.0 Å². The lowest BCUT2D eigenvalue weighted by molar-refractivity contribution is 0.0827. The maximum atomic E-state index is 11.1. The molecule has 0 saturated heterocycles. The Kier molecular flexibility index (Phi) is 4.74.